The highest BCUT2D eigenvalue weighted by Crippen LogP contribution is 2.46. The molecule has 4 heteroatoms. The van der Waals surface area contributed by atoms with Crippen molar-refractivity contribution in [2.45, 2.75) is 6.92 Å². The van der Waals surface area contributed by atoms with Gasteiger partial charge in [0, 0.05) is 7.11 Å². The van der Waals surface area contributed by atoms with Crippen LogP contribution in [0.1, 0.15) is 6.92 Å². The standard InChI is InChI=1S/C9H13O3P/c1-3-13(10,11-2)12-9-7-5-4-6-8-9/h4-8H,3H2,1-2H3/t13-/m1/s1. The fourth-order valence-corrected chi connectivity index (χ4v) is 1.78. The molecule has 1 aromatic rings. The summed E-state index contributed by atoms with van der Waals surface area (Å²) in [6.45, 7) is 1.77. The molecule has 0 radical (unpaired) electrons. The van der Waals surface area contributed by atoms with Gasteiger partial charge in [-0.05, 0) is 12.1 Å². The predicted octanol–water partition coefficient (Wildman–Crippen LogP) is 2.92. The molecule has 1 rings (SSSR count). The topological polar surface area (TPSA) is 35.5 Å². The van der Waals surface area contributed by atoms with E-state index in [-0.39, 0.29) is 0 Å². The highest BCUT2D eigenvalue weighted by Gasteiger charge is 2.20. The van der Waals surface area contributed by atoms with E-state index in [1.807, 2.05) is 18.2 Å². The third kappa shape index (κ3) is 2.87. The van der Waals surface area contributed by atoms with Crippen molar-refractivity contribution < 1.29 is 13.6 Å². The van der Waals surface area contributed by atoms with Crippen molar-refractivity contribution in [1.82, 2.24) is 0 Å². The molecule has 0 saturated carbocycles. The van der Waals surface area contributed by atoms with E-state index < -0.39 is 7.60 Å². The summed E-state index contributed by atoms with van der Waals surface area (Å²) in [7, 11) is -1.51. The molecular formula is C9H13O3P. The van der Waals surface area contributed by atoms with E-state index in [1.54, 1.807) is 19.1 Å². The van der Waals surface area contributed by atoms with Gasteiger partial charge in [-0.1, -0.05) is 25.1 Å². The SMILES string of the molecule is CC[P@@](=O)(OC)Oc1ccccc1. The molecule has 0 unspecified atom stereocenters. The van der Waals surface area contributed by atoms with Gasteiger partial charge in [-0.25, -0.2) is 4.57 Å². The monoisotopic (exact) mass is 200 g/mol. The largest absolute Gasteiger partial charge is 0.424 e. The second kappa shape index (κ2) is 4.45. The van der Waals surface area contributed by atoms with Crippen LogP contribution in [-0.2, 0) is 9.09 Å². The molecule has 3 nitrogen and oxygen atoms in total. The summed E-state index contributed by atoms with van der Waals surface area (Å²) in [5, 5.41) is 0. The summed E-state index contributed by atoms with van der Waals surface area (Å²) in [6, 6.07) is 9.02. The molecule has 13 heavy (non-hydrogen) atoms. The fourth-order valence-electron chi connectivity index (χ4n) is 0.873. The van der Waals surface area contributed by atoms with Crippen molar-refractivity contribution in [3.8, 4) is 5.75 Å². The van der Waals surface area contributed by atoms with Gasteiger partial charge >= 0.3 is 7.60 Å². The average molecular weight is 200 g/mol. The van der Waals surface area contributed by atoms with Crippen LogP contribution in [0.25, 0.3) is 0 Å². The molecule has 0 spiro atoms. The Balaban J connectivity index is 2.74. The van der Waals surface area contributed by atoms with Crippen molar-refractivity contribution in [2.75, 3.05) is 13.3 Å². The van der Waals surface area contributed by atoms with Crippen LogP contribution >= 0.6 is 7.60 Å². The summed E-state index contributed by atoms with van der Waals surface area (Å²) in [6.07, 6.45) is 0.373. The maximum Gasteiger partial charge on any atom is 0.378 e. The number of rotatable bonds is 4. The first-order valence-corrected chi connectivity index (χ1v) is 5.82. The Morgan fingerprint density at radius 1 is 1.31 bits per heavy atom. The maximum absolute atomic E-state index is 11.7. The van der Waals surface area contributed by atoms with E-state index in [4.69, 9.17) is 9.05 Å². The van der Waals surface area contributed by atoms with Gasteiger partial charge in [-0.2, -0.15) is 0 Å². The lowest BCUT2D eigenvalue weighted by molar-refractivity contribution is 0.323. The number of para-hydroxylation sites is 1. The molecule has 0 N–H and O–H groups in total. The van der Waals surface area contributed by atoms with E-state index in [9.17, 15) is 4.57 Å². The number of hydrogen-bond donors (Lipinski definition) is 0. The van der Waals surface area contributed by atoms with E-state index in [0.29, 0.717) is 11.9 Å². The van der Waals surface area contributed by atoms with Crippen molar-refractivity contribution in [3.63, 3.8) is 0 Å². The van der Waals surface area contributed by atoms with E-state index in [2.05, 4.69) is 0 Å². The summed E-state index contributed by atoms with van der Waals surface area (Å²) >= 11 is 0. The zero-order valence-electron chi connectivity index (χ0n) is 7.77. The minimum absolute atomic E-state index is 0.373. The quantitative estimate of drug-likeness (QED) is 0.701. The molecular weight excluding hydrogens is 187 g/mol. The van der Waals surface area contributed by atoms with Gasteiger partial charge in [-0.15, -0.1) is 0 Å². The Kier molecular flexibility index (Phi) is 3.52. The highest BCUT2D eigenvalue weighted by atomic mass is 31.2. The average Bonchev–Trinajstić information content (AvgIpc) is 2.19. The van der Waals surface area contributed by atoms with Gasteiger partial charge < -0.3 is 9.05 Å². The van der Waals surface area contributed by atoms with Gasteiger partial charge in [0.15, 0.2) is 0 Å². The van der Waals surface area contributed by atoms with E-state index in [0.717, 1.165) is 0 Å². The zero-order valence-corrected chi connectivity index (χ0v) is 8.66. The zero-order chi connectivity index (χ0) is 9.73. The lowest BCUT2D eigenvalue weighted by atomic mass is 10.3. The fraction of sp³-hybridized carbons (Fsp3) is 0.333. The second-order valence-corrected chi connectivity index (χ2v) is 4.92. The summed E-state index contributed by atoms with van der Waals surface area (Å²) in [5.41, 5.74) is 0. The van der Waals surface area contributed by atoms with Crippen LogP contribution in [-0.4, -0.2) is 13.3 Å². The first-order chi connectivity index (χ1) is 6.20. The van der Waals surface area contributed by atoms with Gasteiger partial charge in [0.05, 0.1) is 6.16 Å². The number of hydrogen-bond acceptors (Lipinski definition) is 3. The van der Waals surface area contributed by atoms with Gasteiger partial charge in [-0.3, -0.25) is 0 Å². The molecule has 0 bridgehead atoms. The minimum atomic E-state index is -2.90. The van der Waals surface area contributed by atoms with Crippen LogP contribution in [0.4, 0.5) is 0 Å². The van der Waals surface area contributed by atoms with Crippen LogP contribution in [0.3, 0.4) is 0 Å². The first kappa shape index (κ1) is 10.3. The molecule has 0 aliphatic rings. The lowest BCUT2D eigenvalue weighted by Crippen LogP contribution is -1.97. The summed E-state index contributed by atoms with van der Waals surface area (Å²) in [5.74, 6) is 0.578. The van der Waals surface area contributed by atoms with Crippen LogP contribution in [0.5, 0.6) is 5.75 Å². The van der Waals surface area contributed by atoms with Crippen molar-refractivity contribution >= 4 is 7.60 Å². The third-order valence-electron chi connectivity index (χ3n) is 1.65. The molecule has 1 atom stereocenters. The molecule has 0 saturated heterocycles. The number of benzene rings is 1. The van der Waals surface area contributed by atoms with Crippen molar-refractivity contribution in [3.05, 3.63) is 30.3 Å². The Morgan fingerprint density at radius 2 is 1.92 bits per heavy atom. The molecule has 0 aliphatic carbocycles. The van der Waals surface area contributed by atoms with Gasteiger partial charge in [0.2, 0.25) is 0 Å². The third-order valence-corrected chi connectivity index (χ3v) is 3.47. The van der Waals surface area contributed by atoms with E-state index >= 15 is 0 Å². The Morgan fingerprint density at radius 3 is 2.38 bits per heavy atom. The summed E-state index contributed by atoms with van der Waals surface area (Å²) < 4.78 is 21.7. The molecule has 72 valence electrons. The molecule has 1 aromatic carbocycles. The highest BCUT2D eigenvalue weighted by molar-refractivity contribution is 7.54. The normalized spacial score (nSPS) is 14.9. The molecule has 0 aromatic heterocycles. The van der Waals surface area contributed by atoms with Gasteiger partial charge in [0.1, 0.15) is 5.75 Å². The van der Waals surface area contributed by atoms with Crippen LogP contribution in [0, 0.1) is 0 Å². The lowest BCUT2D eigenvalue weighted by Gasteiger charge is -2.14. The minimum Gasteiger partial charge on any atom is -0.424 e. The maximum atomic E-state index is 11.7. The molecule has 0 aliphatic heterocycles. The van der Waals surface area contributed by atoms with Crippen LogP contribution < -0.4 is 4.52 Å². The predicted molar refractivity (Wildman–Crippen MR) is 52.2 cm³/mol. The molecule has 0 amide bonds. The molecule has 0 heterocycles. The van der Waals surface area contributed by atoms with Crippen LogP contribution in [0.2, 0.25) is 0 Å². The molecule has 0 fully saturated rings. The van der Waals surface area contributed by atoms with Gasteiger partial charge in [0.25, 0.3) is 0 Å². The van der Waals surface area contributed by atoms with Crippen LogP contribution in [0.15, 0.2) is 30.3 Å². The van der Waals surface area contributed by atoms with Crippen molar-refractivity contribution in [1.29, 1.82) is 0 Å². The Bertz CT molecular complexity index is 289. The summed E-state index contributed by atoms with van der Waals surface area (Å²) in [4.78, 5) is 0. The van der Waals surface area contributed by atoms with Crippen molar-refractivity contribution in [2.24, 2.45) is 0 Å². The second-order valence-electron chi connectivity index (χ2n) is 2.51. The Hall–Kier alpha value is -0.790. The Labute approximate surface area is 78.2 Å². The first-order valence-electron chi connectivity index (χ1n) is 4.09. The van der Waals surface area contributed by atoms with E-state index in [1.165, 1.54) is 7.11 Å². The smallest absolute Gasteiger partial charge is 0.378 e.